The van der Waals surface area contributed by atoms with Gasteiger partial charge in [0.1, 0.15) is 10.9 Å². The van der Waals surface area contributed by atoms with Crippen molar-refractivity contribution in [1.29, 1.82) is 0 Å². The number of nitrogens with one attached hydrogen (secondary N) is 2. The standard InChI is InChI=1S/C21H30N2O7S/c1-12(24)22-11-15(18(27)29-3)31-19(28)21(16(25)13-7-5-4-6-8-13)20(2)14(9-10-30-20)17(26)23-21/h5,7,13-16,25H,4,6,8-11H2,1-3H3,(H,22,24)(H,23,26)/t13-,14?,15?,16+,20+,21+/m1/s1. The molecule has 0 radical (unpaired) electrons. The molecule has 6 atom stereocenters. The zero-order valence-electron chi connectivity index (χ0n) is 18.0. The molecule has 3 rings (SSSR count). The maximum atomic E-state index is 13.8. The van der Waals surface area contributed by atoms with Gasteiger partial charge in [0.15, 0.2) is 5.54 Å². The highest BCUT2D eigenvalue weighted by atomic mass is 32.2. The molecule has 3 N–H and O–H groups in total. The number of carbonyl (C=O) groups excluding carboxylic acids is 4. The van der Waals surface area contributed by atoms with Crippen molar-refractivity contribution in [3.05, 3.63) is 12.2 Å². The van der Waals surface area contributed by atoms with E-state index < -0.39 is 39.5 Å². The van der Waals surface area contributed by atoms with Gasteiger partial charge in [0, 0.05) is 26.0 Å². The van der Waals surface area contributed by atoms with Crippen LogP contribution in [0.4, 0.5) is 0 Å². The molecule has 2 saturated heterocycles. The van der Waals surface area contributed by atoms with Gasteiger partial charge < -0.3 is 25.2 Å². The lowest BCUT2D eigenvalue weighted by Gasteiger charge is -2.45. The predicted octanol–water partition coefficient (Wildman–Crippen LogP) is 0.305. The summed E-state index contributed by atoms with van der Waals surface area (Å²) in [6.45, 7) is 3.16. The van der Waals surface area contributed by atoms with Gasteiger partial charge in [-0.05, 0) is 32.6 Å². The molecule has 0 aromatic rings. The van der Waals surface area contributed by atoms with Gasteiger partial charge in [0.05, 0.1) is 19.1 Å². The summed E-state index contributed by atoms with van der Waals surface area (Å²) in [6.07, 6.45) is 5.46. The summed E-state index contributed by atoms with van der Waals surface area (Å²) in [5.74, 6) is -2.31. The zero-order valence-corrected chi connectivity index (χ0v) is 18.8. The number of rotatable bonds is 7. The Hall–Kier alpha value is -1.91. The van der Waals surface area contributed by atoms with E-state index in [2.05, 4.69) is 10.6 Å². The number of aliphatic hydroxyl groups excluding tert-OH is 1. The Morgan fingerprint density at radius 2 is 2.16 bits per heavy atom. The Bertz CT molecular complexity index is 788. The number of allylic oxidation sites excluding steroid dienone is 1. The maximum absolute atomic E-state index is 13.8. The van der Waals surface area contributed by atoms with Crippen molar-refractivity contribution in [1.82, 2.24) is 10.6 Å². The Morgan fingerprint density at radius 1 is 1.42 bits per heavy atom. The monoisotopic (exact) mass is 454 g/mol. The molecule has 0 aromatic carbocycles. The summed E-state index contributed by atoms with van der Waals surface area (Å²) in [6, 6.07) is 0. The SMILES string of the molecule is COC(=O)C(CNC(C)=O)SC(=O)[C@]1([C@@H](O)[C@@H]2C=CCCC2)NC(=O)C2CCO[C@@]21C. The number of hydrogen-bond acceptors (Lipinski definition) is 8. The molecular formula is C21H30N2O7S. The highest BCUT2D eigenvalue weighted by Crippen LogP contribution is 2.51. The third-order valence-electron chi connectivity index (χ3n) is 6.61. The van der Waals surface area contributed by atoms with Crippen molar-refractivity contribution in [2.45, 2.75) is 62.0 Å². The Morgan fingerprint density at radius 3 is 2.77 bits per heavy atom. The number of amides is 2. The molecule has 2 unspecified atom stereocenters. The summed E-state index contributed by atoms with van der Waals surface area (Å²) in [5, 5.41) is 15.2. The predicted molar refractivity (Wildman–Crippen MR) is 113 cm³/mol. The van der Waals surface area contributed by atoms with E-state index in [9.17, 15) is 24.3 Å². The van der Waals surface area contributed by atoms with Crippen LogP contribution in [0.3, 0.4) is 0 Å². The maximum Gasteiger partial charge on any atom is 0.321 e. The third kappa shape index (κ3) is 4.12. The van der Waals surface area contributed by atoms with Crippen LogP contribution in [0.15, 0.2) is 12.2 Å². The van der Waals surface area contributed by atoms with E-state index in [-0.39, 0.29) is 24.3 Å². The second-order valence-electron chi connectivity index (χ2n) is 8.42. The van der Waals surface area contributed by atoms with Gasteiger partial charge in [-0.25, -0.2) is 0 Å². The number of methoxy groups -OCH3 is 1. The zero-order chi connectivity index (χ0) is 22.8. The second-order valence-corrected chi connectivity index (χ2v) is 9.59. The Labute approximate surface area is 185 Å². The van der Waals surface area contributed by atoms with E-state index in [0.717, 1.165) is 12.8 Å². The van der Waals surface area contributed by atoms with Crippen LogP contribution >= 0.6 is 11.8 Å². The summed E-state index contributed by atoms with van der Waals surface area (Å²) in [7, 11) is 1.19. The smallest absolute Gasteiger partial charge is 0.321 e. The van der Waals surface area contributed by atoms with Crippen molar-refractivity contribution in [2.24, 2.45) is 11.8 Å². The first kappa shape index (κ1) is 23.7. The molecule has 0 aromatic heterocycles. The lowest BCUT2D eigenvalue weighted by atomic mass is 9.69. The molecule has 3 aliphatic rings. The molecule has 0 spiro atoms. The number of carbonyl (C=O) groups is 4. The van der Waals surface area contributed by atoms with Gasteiger partial charge in [0.25, 0.3) is 0 Å². The minimum atomic E-state index is -1.73. The van der Waals surface area contributed by atoms with Crippen molar-refractivity contribution in [3.8, 4) is 0 Å². The average Bonchev–Trinajstić information content (AvgIpc) is 3.25. The van der Waals surface area contributed by atoms with E-state index >= 15 is 0 Å². The van der Waals surface area contributed by atoms with Crippen molar-refractivity contribution < 1.29 is 33.8 Å². The van der Waals surface area contributed by atoms with Crippen molar-refractivity contribution >= 4 is 34.7 Å². The van der Waals surface area contributed by atoms with Crippen LogP contribution in [0.25, 0.3) is 0 Å². The normalized spacial score (nSPS) is 33.9. The van der Waals surface area contributed by atoms with Crippen LogP contribution in [0.2, 0.25) is 0 Å². The summed E-state index contributed by atoms with van der Waals surface area (Å²) in [4.78, 5) is 50.2. The number of aliphatic hydroxyl groups is 1. The molecule has 10 heteroatoms. The van der Waals surface area contributed by atoms with Crippen LogP contribution < -0.4 is 10.6 Å². The molecular weight excluding hydrogens is 424 g/mol. The third-order valence-corrected chi connectivity index (χ3v) is 7.79. The van der Waals surface area contributed by atoms with Crippen LogP contribution in [-0.2, 0) is 28.7 Å². The molecule has 1 aliphatic carbocycles. The average molecular weight is 455 g/mol. The Balaban J connectivity index is 1.98. The number of thioether (sulfide) groups is 1. The summed E-state index contributed by atoms with van der Waals surface area (Å²) < 4.78 is 10.8. The van der Waals surface area contributed by atoms with E-state index in [0.29, 0.717) is 31.2 Å². The van der Waals surface area contributed by atoms with Crippen molar-refractivity contribution in [2.75, 3.05) is 20.3 Å². The molecule has 2 amide bonds. The summed E-state index contributed by atoms with van der Waals surface area (Å²) in [5.41, 5.74) is -2.99. The van der Waals surface area contributed by atoms with Crippen LogP contribution in [0.1, 0.15) is 39.5 Å². The number of hydrogen-bond donors (Lipinski definition) is 3. The highest BCUT2D eigenvalue weighted by Gasteiger charge is 2.72. The molecule has 0 saturated carbocycles. The van der Waals surface area contributed by atoms with Gasteiger partial charge in [-0.2, -0.15) is 0 Å². The fraction of sp³-hybridized carbons (Fsp3) is 0.714. The van der Waals surface area contributed by atoms with Gasteiger partial charge >= 0.3 is 5.97 Å². The minimum absolute atomic E-state index is 0.122. The Kier molecular flexibility index (Phi) is 7.12. The molecule has 2 fully saturated rings. The minimum Gasteiger partial charge on any atom is -0.468 e. The number of esters is 1. The first-order chi connectivity index (χ1) is 14.7. The van der Waals surface area contributed by atoms with E-state index in [1.165, 1.54) is 14.0 Å². The highest BCUT2D eigenvalue weighted by molar-refractivity contribution is 8.15. The lowest BCUT2D eigenvalue weighted by Crippen LogP contribution is -2.70. The van der Waals surface area contributed by atoms with E-state index in [1.54, 1.807) is 6.92 Å². The quantitative estimate of drug-likeness (QED) is 0.370. The molecule has 9 nitrogen and oxygen atoms in total. The number of fused-ring (bicyclic) bond motifs is 1. The van der Waals surface area contributed by atoms with Crippen LogP contribution in [0.5, 0.6) is 0 Å². The van der Waals surface area contributed by atoms with Gasteiger partial charge in [-0.15, -0.1) is 0 Å². The fourth-order valence-electron chi connectivity index (χ4n) is 4.87. The van der Waals surface area contributed by atoms with E-state index in [1.807, 2.05) is 12.2 Å². The largest absolute Gasteiger partial charge is 0.468 e. The molecule has 172 valence electrons. The number of ether oxygens (including phenoxy) is 2. The molecule has 0 bridgehead atoms. The molecule has 2 heterocycles. The van der Waals surface area contributed by atoms with Gasteiger partial charge in [-0.1, -0.05) is 23.9 Å². The van der Waals surface area contributed by atoms with Crippen molar-refractivity contribution in [3.63, 3.8) is 0 Å². The van der Waals surface area contributed by atoms with Gasteiger partial charge in [-0.3, -0.25) is 19.2 Å². The fourth-order valence-corrected chi connectivity index (χ4v) is 6.05. The topological polar surface area (TPSA) is 131 Å². The first-order valence-corrected chi connectivity index (χ1v) is 11.4. The lowest BCUT2D eigenvalue weighted by molar-refractivity contribution is -0.145. The van der Waals surface area contributed by atoms with Gasteiger partial charge in [0.2, 0.25) is 16.9 Å². The van der Waals surface area contributed by atoms with Crippen LogP contribution in [-0.4, -0.2) is 70.8 Å². The molecule has 2 aliphatic heterocycles. The first-order valence-electron chi connectivity index (χ1n) is 10.5. The molecule has 31 heavy (non-hydrogen) atoms. The van der Waals surface area contributed by atoms with Crippen LogP contribution in [0, 0.1) is 11.8 Å². The summed E-state index contributed by atoms with van der Waals surface area (Å²) >= 11 is 0.650. The second kappa shape index (κ2) is 9.30. The van der Waals surface area contributed by atoms with E-state index in [4.69, 9.17) is 9.47 Å².